The summed E-state index contributed by atoms with van der Waals surface area (Å²) in [6, 6.07) is 11.8. The SMILES string of the molecule is CCN(CC)S(=O)(=O)c1cccc(C(=O)Nc2ccnn2Cc2cccs2)c1. The first-order valence-corrected chi connectivity index (χ1v) is 11.2. The van der Waals surface area contributed by atoms with Crippen LogP contribution in [0.15, 0.2) is 58.9 Å². The topological polar surface area (TPSA) is 84.3 Å². The standard InChI is InChI=1S/C19H22N4O3S2/c1-3-22(4-2)28(25,26)17-9-5-7-15(13-17)19(24)21-18-10-11-20-23(18)14-16-8-6-12-27-16/h5-13H,3-4,14H2,1-2H3,(H,21,24). The van der Waals surface area contributed by atoms with E-state index >= 15 is 0 Å². The molecule has 0 saturated carbocycles. The molecule has 2 aromatic heterocycles. The Hall–Kier alpha value is -2.49. The van der Waals surface area contributed by atoms with Gasteiger partial charge in [-0.2, -0.15) is 9.40 Å². The molecule has 28 heavy (non-hydrogen) atoms. The maximum Gasteiger partial charge on any atom is 0.256 e. The molecular formula is C19H22N4O3S2. The number of nitrogens with zero attached hydrogens (tertiary/aromatic N) is 3. The summed E-state index contributed by atoms with van der Waals surface area (Å²) >= 11 is 1.61. The minimum atomic E-state index is -3.62. The number of rotatable bonds is 8. The number of carbonyl (C=O) groups excluding carboxylic acids is 1. The van der Waals surface area contributed by atoms with Crippen LogP contribution in [0.25, 0.3) is 0 Å². The van der Waals surface area contributed by atoms with Gasteiger partial charge in [-0.15, -0.1) is 11.3 Å². The molecule has 0 aliphatic carbocycles. The van der Waals surface area contributed by atoms with Gasteiger partial charge in [0.2, 0.25) is 10.0 Å². The van der Waals surface area contributed by atoms with E-state index in [0.717, 1.165) is 4.88 Å². The molecule has 0 aliphatic rings. The van der Waals surface area contributed by atoms with Gasteiger partial charge in [0.25, 0.3) is 5.91 Å². The molecule has 7 nitrogen and oxygen atoms in total. The third-order valence-corrected chi connectivity index (χ3v) is 7.19. The van der Waals surface area contributed by atoms with E-state index in [2.05, 4.69) is 10.4 Å². The number of hydrogen-bond donors (Lipinski definition) is 1. The van der Waals surface area contributed by atoms with Crippen LogP contribution in [0.2, 0.25) is 0 Å². The van der Waals surface area contributed by atoms with Gasteiger partial charge in [0.05, 0.1) is 17.6 Å². The number of hydrogen-bond acceptors (Lipinski definition) is 5. The number of benzene rings is 1. The summed E-state index contributed by atoms with van der Waals surface area (Å²) in [5.74, 6) is 0.167. The van der Waals surface area contributed by atoms with Crippen molar-refractivity contribution in [2.45, 2.75) is 25.3 Å². The highest BCUT2D eigenvalue weighted by Crippen LogP contribution is 2.19. The summed E-state index contributed by atoms with van der Waals surface area (Å²) in [6.07, 6.45) is 1.62. The van der Waals surface area contributed by atoms with Crippen LogP contribution < -0.4 is 5.32 Å². The maximum atomic E-state index is 12.7. The fourth-order valence-electron chi connectivity index (χ4n) is 2.81. The van der Waals surface area contributed by atoms with Crippen molar-refractivity contribution < 1.29 is 13.2 Å². The summed E-state index contributed by atoms with van der Waals surface area (Å²) in [5.41, 5.74) is 0.275. The van der Waals surface area contributed by atoms with Crippen LogP contribution in [0.5, 0.6) is 0 Å². The Balaban J connectivity index is 1.80. The maximum absolute atomic E-state index is 12.7. The summed E-state index contributed by atoms with van der Waals surface area (Å²) < 4.78 is 28.5. The lowest BCUT2D eigenvalue weighted by Crippen LogP contribution is -2.30. The van der Waals surface area contributed by atoms with Crippen LogP contribution in [0.1, 0.15) is 29.1 Å². The Labute approximate surface area is 168 Å². The van der Waals surface area contributed by atoms with Crippen molar-refractivity contribution >= 4 is 33.1 Å². The number of nitrogens with one attached hydrogen (secondary N) is 1. The van der Waals surface area contributed by atoms with Crippen LogP contribution in [-0.2, 0) is 16.6 Å². The fraction of sp³-hybridized carbons (Fsp3) is 0.263. The molecule has 148 valence electrons. The van der Waals surface area contributed by atoms with Crippen molar-refractivity contribution in [2.24, 2.45) is 0 Å². The lowest BCUT2D eigenvalue weighted by Gasteiger charge is -2.18. The van der Waals surface area contributed by atoms with E-state index in [9.17, 15) is 13.2 Å². The van der Waals surface area contributed by atoms with Gasteiger partial charge in [-0.05, 0) is 29.6 Å². The lowest BCUT2D eigenvalue weighted by molar-refractivity contribution is 0.102. The van der Waals surface area contributed by atoms with Gasteiger partial charge < -0.3 is 5.32 Å². The molecule has 3 rings (SSSR count). The number of aromatic nitrogens is 2. The van der Waals surface area contributed by atoms with Crippen molar-refractivity contribution in [3.63, 3.8) is 0 Å². The predicted molar refractivity (Wildman–Crippen MR) is 110 cm³/mol. The Bertz CT molecular complexity index is 1040. The van der Waals surface area contributed by atoms with Crippen molar-refractivity contribution in [1.82, 2.24) is 14.1 Å². The monoisotopic (exact) mass is 418 g/mol. The minimum Gasteiger partial charge on any atom is -0.307 e. The summed E-state index contributed by atoms with van der Waals surface area (Å²) in [6.45, 7) is 4.86. The van der Waals surface area contributed by atoms with Gasteiger partial charge in [-0.25, -0.2) is 13.1 Å². The molecule has 0 unspecified atom stereocenters. The zero-order valence-corrected chi connectivity index (χ0v) is 17.3. The highest BCUT2D eigenvalue weighted by Gasteiger charge is 2.22. The number of sulfonamides is 1. The molecule has 0 spiro atoms. The molecule has 0 atom stereocenters. The molecule has 1 amide bonds. The smallest absolute Gasteiger partial charge is 0.256 e. The molecule has 0 bridgehead atoms. The van der Waals surface area contributed by atoms with Crippen molar-refractivity contribution in [1.29, 1.82) is 0 Å². The Morgan fingerprint density at radius 1 is 1.18 bits per heavy atom. The molecular weight excluding hydrogens is 396 g/mol. The molecule has 0 saturated heterocycles. The second-order valence-corrected chi connectivity index (χ2v) is 8.99. The van der Waals surface area contributed by atoms with Crippen molar-refractivity contribution in [2.75, 3.05) is 18.4 Å². The van der Waals surface area contributed by atoms with E-state index in [1.54, 1.807) is 54.3 Å². The first kappa shape index (κ1) is 20.2. The average molecular weight is 419 g/mol. The highest BCUT2D eigenvalue weighted by molar-refractivity contribution is 7.89. The number of carbonyl (C=O) groups is 1. The van der Waals surface area contributed by atoms with Gasteiger partial charge in [-0.3, -0.25) is 4.79 Å². The van der Waals surface area contributed by atoms with Crippen LogP contribution in [-0.4, -0.2) is 41.5 Å². The Morgan fingerprint density at radius 2 is 1.96 bits per heavy atom. The number of amides is 1. The van der Waals surface area contributed by atoms with Gasteiger partial charge in [0.15, 0.2) is 0 Å². The number of thiophene rings is 1. The van der Waals surface area contributed by atoms with E-state index in [1.807, 2.05) is 17.5 Å². The van der Waals surface area contributed by atoms with Gasteiger partial charge in [-0.1, -0.05) is 26.0 Å². The zero-order valence-electron chi connectivity index (χ0n) is 15.7. The Morgan fingerprint density at radius 3 is 2.64 bits per heavy atom. The van der Waals surface area contributed by atoms with Crippen LogP contribution in [0.4, 0.5) is 5.82 Å². The van der Waals surface area contributed by atoms with Gasteiger partial charge in [0, 0.05) is 29.6 Å². The molecule has 0 radical (unpaired) electrons. The van der Waals surface area contributed by atoms with E-state index in [-0.39, 0.29) is 16.4 Å². The second kappa shape index (κ2) is 8.68. The van der Waals surface area contributed by atoms with E-state index in [1.165, 1.54) is 16.4 Å². The Kier molecular flexibility index (Phi) is 6.28. The summed E-state index contributed by atoms with van der Waals surface area (Å²) in [5, 5.41) is 9.04. The molecule has 1 N–H and O–H groups in total. The first-order chi connectivity index (χ1) is 13.5. The van der Waals surface area contributed by atoms with E-state index in [0.29, 0.717) is 25.5 Å². The molecule has 0 aliphatic heterocycles. The lowest BCUT2D eigenvalue weighted by atomic mass is 10.2. The molecule has 9 heteroatoms. The van der Waals surface area contributed by atoms with Gasteiger partial charge in [0.1, 0.15) is 5.82 Å². The fourth-order valence-corrected chi connectivity index (χ4v) is 5.00. The first-order valence-electron chi connectivity index (χ1n) is 8.91. The zero-order chi connectivity index (χ0) is 20.1. The van der Waals surface area contributed by atoms with Crippen LogP contribution in [0.3, 0.4) is 0 Å². The van der Waals surface area contributed by atoms with Crippen LogP contribution >= 0.6 is 11.3 Å². The van der Waals surface area contributed by atoms with E-state index in [4.69, 9.17) is 0 Å². The van der Waals surface area contributed by atoms with E-state index < -0.39 is 10.0 Å². The summed E-state index contributed by atoms with van der Waals surface area (Å²) in [4.78, 5) is 13.9. The third kappa shape index (κ3) is 4.32. The van der Waals surface area contributed by atoms with Gasteiger partial charge >= 0.3 is 0 Å². The highest BCUT2D eigenvalue weighted by atomic mass is 32.2. The molecule has 2 heterocycles. The summed E-state index contributed by atoms with van der Waals surface area (Å²) in [7, 11) is -3.62. The minimum absolute atomic E-state index is 0.107. The quantitative estimate of drug-likeness (QED) is 0.608. The number of anilines is 1. The normalized spacial score (nSPS) is 11.7. The third-order valence-electron chi connectivity index (χ3n) is 4.28. The largest absolute Gasteiger partial charge is 0.307 e. The molecule has 1 aromatic carbocycles. The van der Waals surface area contributed by atoms with Crippen molar-refractivity contribution in [3.05, 3.63) is 64.5 Å². The predicted octanol–water partition coefficient (Wildman–Crippen LogP) is 3.28. The van der Waals surface area contributed by atoms with Crippen LogP contribution in [0, 0.1) is 0 Å². The second-order valence-electron chi connectivity index (χ2n) is 6.02. The molecule has 3 aromatic rings. The molecule has 0 fully saturated rings. The van der Waals surface area contributed by atoms with Crippen molar-refractivity contribution in [3.8, 4) is 0 Å². The average Bonchev–Trinajstić information content (AvgIpc) is 3.35.